The minimum atomic E-state index is -1.13. The Bertz CT molecular complexity index is 576. The molecule has 6 heteroatoms. The zero-order valence-corrected chi connectivity index (χ0v) is 12.7. The number of carboxylic acid groups (broad SMARTS) is 1. The number of benzene rings is 1. The summed E-state index contributed by atoms with van der Waals surface area (Å²) in [6.45, 7) is 6.86. The van der Waals surface area contributed by atoms with Gasteiger partial charge in [-0.3, -0.25) is 14.4 Å². The molecule has 0 radical (unpaired) electrons. The summed E-state index contributed by atoms with van der Waals surface area (Å²) < 4.78 is 0. The van der Waals surface area contributed by atoms with E-state index in [1.807, 2.05) is 0 Å². The van der Waals surface area contributed by atoms with Gasteiger partial charge < -0.3 is 15.7 Å². The quantitative estimate of drug-likeness (QED) is 0.672. The maximum Gasteiger partial charge on any atom is 0.309 e. The molecule has 0 spiro atoms. The molecule has 2 amide bonds. The van der Waals surface area contributed by atoms with Crippen molar-refractivity contribution >= 4 is 23.5 Å². The van der Waals surface area contributed by atoms with Gasteiger partial charge >= 0.3 is 5.97 Å². The fraction of sp³-hybridized carbons (Fsp3) is 0.312. The van der Waals surface area contributed by atoms with Gasteiger partial charge in [-0.25, -0.2) is 0 Å². The third kappa shape index (κ3) is 5.05. The van der Waals surface area contributed by atoms with Crippen LogP contribution in [0.4, 0.5) is 5.69 Å². The highest BCUT2D eigenvalue weighted by Crippen LogP contribution is 2.21. The number of hydrogen-bond donors (Lipinski definition) is 3. The minimum absolute atomic E-state index is 0.135. The van der Waals surface area contributed by atoms with Crippen molar-refractivity contribution in [3.8, 4) is 0 Å². The predicted molar refractivity (Wildman–Crippen MR) is 83.6 cm³/mol. The summed E-state index contributed by atoms with van der Waals surface area (Å²) >= 11 is 0. The summed E-state index contributed by atoms with van der Waals surface area (Å²) in [5.74, 6) is -1.65. The topological polar surface area (TPSA) is 95.5 Å². The van der Waals surface area contributed by atoms with Crippen molar-refractivity contribution in [3.05, 3.63) is 42.5 Å². The zero-order chi connectivity index (χ0) is 16.8. The van der Waals surface area contributed by atoms with Gasteiger partial charge in [-0.2, -0.15) is 0 Å². The number of hydrogen-bond acceptors (Lipinski definition) is 3. The molecule has 0 saturated carbocycles. The second-order valence-corrected chi connectivity index (χ2v) is 5.49. The molecular formula is C16H20N2O4. The van der Waals surface area contributed by atoms with Crippen molar-refractivity contribution in [1.29, 1.82) is 0 Å². The van der Waals surface area contributed by atoms with E-state index >= 15 is 0 Å². The van der Waals surface area contributed by atoms with Crippen molar-refractivity contribution < 1.29 is 19.5 Å². The van der Waals surface area contributed by atoms with Crippen molar-refractivity contribution in [2.24, 2.45) is 5.41 Å². The van der Waals surface area contributed by atoms with Gasteiger partial charge in [0.15, 0.2) is 0 Å². The number of nitrogens with one attached hydrogen (secondary N) is 2. The van der Waals surface area contributed by atoms with Crippen molar-refractivity contribution in [3.63, 3.8) is 0 Å². The van der Waals surface area contributed by atoms with Crippen molar-refractivity contribution in [2.75, 3.05) is 11.9 Å². The normalized spacial score (nSPS) is 10.6. The second kappa shape index (κ2) is 7.40. The average molecular weight is 304 g/mol. The maximum absolute atomic E-state index is 11.8. The molecule has 0 atom stereocenters. The third-order valence-electron chi connectivity index (χ3n) is 3.02. The third-order valence-corrected chi connectivity index (χ3v) is 3.02. The van der Waals surface area contributed by atoms with Crippen molar-refractivity contribution in [2.45, 2.75) is 20.3 Å². The maximum atomic E-state index is 11.8. The number of carbonyl (C=O) groups is 3. The number of aliphatic carboxylic acids is 1. The van der Waals surface area contributed by atoms with Gasteiger partial charge in [0, 0.05) is 24.2 Å². The Balaban J connectivity index is 2.64. The van der Waals surface area contributed by atoms with E-state index in [-0.39, 0.29) is 12.3 Å². The molecule has 1 aromatic carbocycles. The summed E-state index contributed by atoms with van der Waals surface area (Å²) in [7, 11) is 0. The lowest BCUT2D eigenvalue weighted by molar-refractivity contribution is -0.148. The van der Waals surface area contributed by atoms with Gasteiger partial charge in [0.25, 0.3) is 5.91 Å². The van der Waals surface area contributed by atoms with Crippen LogP contribution in [0.15, 0.2) is 36.9 Å². The van der Waals surface area contributed by atoms with Crippen LogP contribution in [0.2, 0.25) is 0 Å². The van der Waals surface area contributed by atoms with Crippen LogP contribution in [-0.2, 0) is 9.59 Å². The first-order valence-corrected chi connectivity index (χ1v) is 6.78. The van der Waals surface area contributed by atoms with E-state index in [1.165, 1.54) is 13.8 Å². The van der Waals surface area contributed by atoms with Crippen molar-refractivity contribution in [1.82, 2.24) is 5.32 Å². The number of carbonyl (C=O) groups excluding carboxylic acids is 2. The number of anilines is 1. The average Bonchev–Trinajstić information content (AvgIpc) is 2.44. The van der Waals surface area contributed by atoms with Crippen LogP contribution in [0, 0.1) is 5.41 Å². The van der Waals surface area contributed by atoms with Gasteiger partial charge in [0.1, 0.15) is 0 Å². The molecule has 0 saturated heterocycles. The Labute approximate surface area is 129 Å². The van der Waals surface area contributed by atoms with Crippen LogP contribution in [-0.4, -0.2) is 29.4 Å². The molecule has 1 aromatic rings. The second-order valence-electron chi connectivity index (χ2n) is 5.49. The van der Waals surface area contributed by atoms with E-state index in [0.717, 1.165) is 0 Å². The summed E-state index contributed by atoms with van der Waals surface area (Å²) in [6.07, 6.45) is 1.45. The summed E-state index contributed by atoms with van der Waals surface area (Å²) in [5.41, 5.74) is -0.161. The lowest BCUT2D eigenvalue weighted by atomic mass is 9.89. The lowest BCUT2D eigenvalue weighted by Crippen LogP contribution is -2.29. The highest BCUT2D eigenvalue weighted by atomic mass is 16.4. The van der Waals surface area contributed by atoms with E-state index < -0.39 is 17.3 Å². The number of carboxylic acids is 1. The Hall–Kier alpha value is -2.63. The molecule has 0 heterocycles. The molecule has 118 valence electrons. The van der Waals surface area contributed by atoms with Crippen LogP contribution in [0.3, 0.4) is 0 Å². The van der Waals surface area contributed by atoms with E-state index in [1.54, 1.807) is 30.3 Å². The highest BCUT2D eigenvalue weighted by Gasteiger charge is 2.30. The first kappa shape index (κ1) is 17.4. The van der Waals surface area contributed by atoms with Gasteiger partial charge in [-0.15, -0.1) is 6.58 Å². The largest absolute Gasteiger partial charge is 0.481 e. The molecule has 1 rings (SSSR count). The Morgan fingerprint density at radius 1 is 1.23 bits per heavy atom. The zero-order valence-electron chi connectivity index (χ0n) is 12.7. The van der Waals surface area contributed by atoms with Crippen LogP contribution in [0.25, 0.3) is 0 Å². The van der Waals surface area contributed by atoms with E-state index in [0.29, 0.717) is 17.8 Å². The standard InChI is InChI=1S/C16H20N2O4/c1-4-9-17-14(20)11-5-7-12(8-6-11)18-13(19)10-16(2,3)15(21)22/h4-8H,1,9-10H2,2-3H3,(H,17,20)(H,18,19)(H,21,22). The van der Waals surface area contributed by atoms with Crippen LogP contribution >= 0.6 is 0 Å². The van der Waals surface area contributed by atoms with Crippen LogP contribution < -0.4 is 10.6 Å². The molecule has 22 heavy (non-hydrogen) atoms. The van der Waals surface area contributed by atoms with E-state index in [2.05, 4.69) is 17.2 Å². The molecule has 0 aliphatic rings. The molecule has 0 aliphatic carbocycles. The smallest absolute Gasteiger partial charge is 0.309 e. The highest BCUT2D eigenvalue weighted by molar-refractivity contribution is 5.96. The fourth-order valence-corrected chi connectivity index (χ4v) is 1.65. The van der Waals surface area contributed by atoms with Gasteiger partial charge in [-0.05, 0) is 38.1 Å². The Morgan fingerprint density at radius 2 is 1.82 bits per heavy atom. The SMILES string of the molecule is C=CCNC(=O)c1ccc(NC(=O)CC(C)(C)C(=O)O)cc1. The molecule has 0 aliphatic heterocycles. The molecule has 6 nitrogen and oxygen atoms in total. The minimum Gasteiger partial charge on any atom is -0.481 e. The first-order valence-electron chi connectivity index (χ1n) is 6.78. The van der Waals surface area contributed by atoms with Gasteiger partial charge in [0.2, 0.25) is 5.91 Å². The Morgan fingerprint density at radius 3 is 2.32 bits per heavy atom. The predicted octanol–water partition coefficient (Wildman–Crippen LogP) is 2.04. The fourth-order valence-electron chi connectivity index (χ4n) is 1.65. The molecule has 0 fully saturated rings. The van der Waals surface area contributed by atoms with Gasteiger partial charge in [-0.1, -0.05) is 6.08 Å². The van der Waals surface area contributed by atoms with Crippen LogP contribution in [0.5, 0.6) is 0 Å². The van der Waals surface area contributed by atoms with Gasteiger partial charge in [0.05, 0.1) is 5.41 Å². The summed E-state index contributed by atoms with van der Waals surface area (Å²) in [6, 6.07) is 6.34. The summed E-state index contributed by atoms with van der Waals surface area (Å²) in [5, 5.41) is 14.2. The Kier molecular flexibility index (Phi) is 5.86. The first-order chi connectivity index (χ1) is 10.3. The lowest BCUT2D eigenvalue weighted by Gasteiger charge is -2.18. The summed E-state index contributed by atoms with van der Waals surface area (Å²) in [4.78, 5) is 34.5. The molecule has 0 unspecified atom stereocenters. The number of amides is 2. The molecular weight excluding hydrogens is 284 g/mol. The molecule has 0 bridgehead atoms. The molecule has 0 aromatic heterocycles. The number of rotatable bonds is 7. The monoisotopic (exact) mass is 304 g/mol. The van der Waals surface area contributed by atoms with E-state index in [9.17, 15) is 14.4 Å². The van der Waals surface area contributed by atoms with E-state index in [4.69, 9.17) is 5.11 Å². The van der Waals surface area contributed by atoms with Crippen LogP contribution in [0.1, 0.15) is 30.6 Å². The molecule has 3 N–H and O–H groups in total.